The van der Waals surface area contributed by atoms with Gasteiger partial charge in [-0.15, -0.1) is 0 Å². The molecule has 0 unspecified atom stereocenters. The van der Waals surface area contributed by atoms with Gasteiger partial charge in [-0.25, -0.2) is 4.98 Å². The number of ether oxygens (including phenoxy) is 1. The Labute approximate surface area is 270 Å². The first kappa shape index (κ1) is 33.3. The molecule has 5 nitrogen and oxygen atoms in total. The van der Waals surface area contributed by atoms with Gasteiger partial charge in [0.15, 0.2) is 0 Å². The number of hydrogen-bond donors (Lipinski definition) is 1. The van der Waals surface area contributed by atoms with Crippen LogP contribution >= 0.6 is 50.9 Å². The number of amides is 1. The number of rotatable bonds is 11. The zero-order valence-electron chi connectivity index (χ0n) is 23.1. The molecule has 1 heterocycles. The zero-order valence-corrected chi connectivity index (χ0v) is 27.1. The van der Waals surface area contributed by atoms with E-state index in [4.69, 9.17) is 32.9 Å². The number of benzene rings is 3. The third kappa shape index (κ3) is 9.69. The van der Waals surface area contributed by atoms with Gasteiger partial charge in [0.2, 0.25) is 0 Å². The first-order valence-corrected chi connectivity index (χ1v) is 15.4. The van der Waals surface area contributed by atoms with Crippen LogP contribution in [0.15, 0.2) is 82.2 Å². The van der Waals surface area contributed by atoms with Crippen molar-refractivity contribution in [1.82, 2.24) is 15.2 Å². The number of nitrogens with one attached hydrogen (secondary N) is 1. The maximum absolute atomic E-state index is 13.0. The minimum Gasteiger partial charge on any atom is -0.374 e. The second-order valence-corrected chi connectivity index (χ2v) is 12.6. The predicted molar refractivity (Wildman–Crippen MR) is 171 cm³/mol. The molecule has 226 valence electrons. The van der Waals surface area contributed by atoms with Crippen LogP contribution in [-0.2, 0) is 17.9 Å². The van der Waals surface area contributed by atoms with Gasteiger partial charge in [0.05, 0.1) is 24.6 Å². The summed E-state index contributed by atoms with van der Waals surface area (Å²) in [5.41, 5.74) is 0.125. The molecule has 0 saturated heterocycles. The molecule has 1 aromatic heterocycles. The summed E-state index contributed by atoms with van der Waals surface area (Å²) in [7, 11) is 3.90. The fourth-order valence-corrected chi connectivity index (χ4v) is 5.43. The maximum atomic E-state index is 13.0. The van der Waals surface area contributed by atoms with E-state index in [2.05, 4.69) is 21.2 Å². The first-order valence-electron chi connectivity index (χ1n) is 13.0. The van der Waals surface area contributed by atoms with Crippen molar-refractivity contribution in [3.8, 4) is 22.4 Å². The van der Waals surface area contributed by atoms with Crippen molar-refractivity contribution in [3.63, 3.8) is 0 Å². The summed E-state index contributed by atoms with van der Waals surface area (Å²) >= 11 is 16.1. The maximum Gasteiger partial charge on any atom is 0.446 e. The molecule has 0 atom stereocenters. The summed E-state index contributed by atoms with van der Waals surface area (Å²) in [6.07, 6.45) is 0. The molecule has 3 aromatic carbocycles. The van der Waals surface area contributed by atoms with Crippen LogP contribution in [0.3, 0.4) is 0 Å². The average molecular weight is 713 g/mol. The molecular formula is C31H27BrCl2F3N3O2S. The highest BCUT2D eigenvalue weighted by Gasteiger charge is 2.29. The van der Waals surface area contributed by atoms with Crippen molar-refractivity contribution < 1.29 is 22.7 Å². The van der Waals surface area contributed by atoms with Crippen molar-refractivity contribution in [2.45, 2.75) is 23.6 Å². The van der Waals surface area contributed by atoms with Gasteiger partial charge in [0.1, 0.15) is 0 Å². The standard InChI is InChI=1S/C31H27BrCl2F3N3O2S/c1-40(2)13-14-42-18-28-21(17-38-30(41)20-5-10-24(11-6-20)43-31(35,36)37)15-26(25-12-9-23(33)16-27(25)34)29(39-28)19-3-7-22(32)8-4-19/h3-12,15-16H,13-14,17-18H2,1-2H3,(H,38,41). The van der Waals surface area contributed by atoms with Crippen molar-refractivity contribution in [1.29, 1.82) is 0 Å². The lowest BCUT2D eigenvalue weighted by Gasteiger charge is -2.18. The van der Waals surface area contributed by atoms with Gasteiger partial charge in [-0.2, -0.15) is 13.2 Å². The van der Waals surface area contributed by atoms with Crippen LogP contribution in [0.2, 0.25) is 10.0 Å². The number of thioether (sulfide) groups is 1. The van der Waals surface area contributed by atoms with E-state index in [1.807, 2.05) is 55.4 Å². The van der Waals surface area contributed by atoms with Gasteiger partial charge in [0.25, 0.3) is 5.91 Å². The minimum absolute atomic E-state index is 0.00146. The zero-order chi connectivity index (χ0) is 31.1. The van der Waals surface area contributed by atoms with E-state index in [9.17, 15) is 18.0 Å². The Kier molecular flexibility index (Phi) is 11.6. The number of alkyl halides is 3. The van der Waals surface area contributed by atoms with Crippen molar-refractivity contribution in [2.24, 2.45) is 0 Å². The van der Waals surface area contributed by atoms with Gasteiger partial charge in [-0.1, -0.05) is 57.3 Å². The highest BCUT2D eigenvalue weighted by atomic mass is 79.9. The highest BCUT2D eigenvalue weighted by molar-refractivity contribution is 9.10. The molecule has 0 aliphatic carbocycles. The lowest BCUT2D eigenvalue weighted by atomic mass is 9.96. The Bertz CT molecular complexity index is 1570. The van der Waals surface area contributed by atoms with Gasteiger partial charge >= 0.3 is 5.51 Å². The highest BCUT2D eigenvalue weighted by Crippen LogP contribution is 2.38. The van der Waals surface area contributed by atoms with E-state index in [1.165, 1.54) is 24.3 Å². The van der Waals surface area contributed by atoms with Gasteiger partial charge in [-0.3, -0.25) is 4.79 Å². The monoisotopic (exact) mass is 711 g/mol. The molecule has 4 aromatic rings. The third-order valence-corrected chi connectivity index (χ3v) is 8.06. The quantitative estimate of drug-likeness (QED) is 0.124. The minimum atomic E-state index is -4.41. The molecule has 0 saturated carbocycles. The fraction of sp³-hybridized carbons (Fsp3) is 0.226. The smallest absolute Gasteiger partial charge is 0.374 e. The van der Waals surface area contributed by atoms with E-state index < -0.39 is 11.4 Å². The summed E-state index contributed by atoms with van der Waals surface area (Å²) in [6, 6.07) is 20.1. The van der Waals surface area contributed by atoms with Crippen molar-refractivity contribution in [3.05, 3.63) is 104 Å². The van der Waals surface area contributed by atoms with Crippen molar-refractivity contribution >= 4 is 56.8 Å². The molecule has 0 bridgehead atoms. The summed E-state index contributed by atoms with van der Waals surface area (Å²) in [4.78, 5) is 20.0. The molecule has 0 aliphatic heterocycles. The molecule has 1 amide bonds. The Morgan fingerprint density at radius 1 is 1.00 bits per heavy atom. The fourth-order valence-electron chi connectivity index (χ4n) is 4.11. The van der Waals surface area contributed by atoms with Crippen LogP contribution < -0.4 is 5.32 Å². The number of aromatic nitrogens is 1. The number of halogens is 6. The number of pyridine rings is 1. The Hall–Kier alpha value is -2.60. The predicted octanol–water partition coefficient (Wildman–Crippen LogP) is 9.11. The topological polar surface area (TPSA) is 54.5 Å². The number of likely N-dealkylation sites (N-methyl/N-ethyl adjacent to an activating group) is 1. The molecule has 1 N–H and O–H groups in total. The second kappa shape index (κ2) is 14.9. The van der Waals surface area contributed by atoms with Gasteiger partial charge in [0, 0.05) is 54.8 Å². The molecule has 0 aliphatic rings. The summed E-state index contributed by atoms with van der Waals surface area (Å²) in [5.74, 6) is -0.439. The molecule has 0 fully saturated rings. The third-order valence-electron chi connectivity index (χ3n) is 6.24. The van der Waals surface area contributed by atoms with Crippen LogP contribution in [0.5, 0.6) is 0 Å². The number of nitrogens with zero attached hydrogens (tertiary/aromatic N) is 2. The second-order valence-electron chi connectivity index (χ2n) is 9.73. The van der Waals surface area contributed by atoms with Crippen LogP contribution in [0, 0.1) is 0 Å². The summed E-state index contributed by atoms with van der Waals surface area (Å²) < 4.78 is 45.0. The molecule has 0 radical (unpaired) electrons. The Morgan fingerprint density at radius 2 is 1.70 bits per heavy atom. The van der Waals surface area contributed by atoms with E-state index in [-0.39, 0.29) is 35.4 Å². The molecule has 43 heavy (non-hydrogen) atoms. The van der Waals surface area contributed by atoms with Crippen LogP contribution in [0.4, 0.5) is 13.2 Å². The lowest BCUT2D eigenvalue weighted by molar-refractivity contribution is -0.0328. The number of carbonyl (C=O) groups excluding carboxylic acids is 1. The normalized spacial score (nSPS) is 11.7. The van der Waals surface area contributed by atoms with Crippen LogP contribution in [0.1, 0.15) is 21.6 Å². The summed E-state index contributed by atoms with van der Waals surface area (Å²) in [6.45, 7) is 1.48. The molecular weight excluding hydrogens is 686 g/mol. The molecule has 4 rings (SSSR count). The van der Waals surface area contributed by atoms with Crippen molar-refractivity contribution in [2.75, 3.05) is 27.2 Å². The van der Waals surface area contributed by atoms with Gasteiger partial charge in [-0.05, 0) is 86.0 Å². The average Bonchev–Trinajstić information content (AvgIpc) is 2.94. The molecule has 0 spiro atoms. The van der Waals surface area contributed by atoms with E-state index in [1.54, 1.807) is 12.1 Å². The first-order chi connectivity index (χ1) is 20.4. The Morgan fingerprint density at radius 3 is 2.33 bits per heavy atom. The van der Waals surface area contributed by atoms with E-state index >= 15 is 0 Å². The van der Waals surface area contributed by atoms with E-state index in [0.717, 1.165) is 15.6 Å². The molecule has 12 heteroatoms. The number of carbonyl (C=O) groups is 1. The lowest BCUT2D eigenvalue weighted by Crippen LogP contribution is -2.24. The summed E-state index contributed by atoms with van der Waals surface area (Å²) in [5, 5.41) is 3.80. The Balaban J connectivity index is 1.70. The van der Waals surface area contributed by atoms with E-state index in [0.29, 0.717) is 45.7 Å². The number of hydrogen-bond acceptors (Lipinski definition) is 5. The van der Waals surface area contributed by atoms with Crippen LogP contribution in [0.25, 0.3) is 22.4 Å². The largest absolute Gasteiger partial charge is 0.446 e. The van der Waals surface area contributed by atoms with Crippen LogP contribution in [-0.4, -0.2) is 48.5 Å². The van der Waals surface area contributed by atoms with Gasteiger partial charge < -0.3 is 15.0 Å². The SMILES string of the molecule is CN(C)CCOCc1nc(-c2ccc(Br)cc2)c(-c2ccc(Cl)cc2Cl)cc1CNC(=O)c1ccc(SC(F)(F)F)cc1.